The highest BCUT2D eigenvalue weighted by atomic mass is 32.1. The van der Waals surface area contributed by atoms with Crippen LogP contribution in [0.3, 0.4) is 0 Å². The summed E-state index contributed by atoms with van der Waals surface area (Å²) in [5, 5.41) is 4.56. The van der Waals surface area contributed by atoms with Crippen LogP contribution in [-0.2, 0) is 20.8 Å². The van der Waals surface area contributed by atoms with Crippen LogP contribution in [0, 0.1) is 0 Å². The van der Waals surface area contributed by atoms with Crippen molar-refractivity contribution in [1.82, 2.24) is 10.2 Å². The van der Waals surface area contributed by atoms with E-state index in [1.807, 2.05) is 17.5 Å². The van der Waals surface area contributed by atoms with Crippen LogP contribution in [-0.4, -0.2) is 55.5 Å². The topological polar surface area (TPSA) is 102 Å². The number of thiophene rings is 1. The zero-order valence-corrected chi connectivity index (χ0v) is 16.6. The van der Waals surface area contributed by atoms with Crippen molar-refractivity contribution < 1.29 is 28.7 Å². The first-order chi connectivity index (χ1) is 14.0. The summed E-state index contributed by atoms with van der Waals surface area (Å²) in [7, 11) is 1.54. The third-order valence-corrected chi connectivity index (χ3v) is 5.19. The van der Waals surface area contributed by atoms with Gasteiger partial charge in [0.2, 0.25) is 0 Å². The zero-order chi connectivity index (χ0) is 20.8. The Labute approximate surface area is 171 Å². The zero-order valence-electron chi connectivity index (χ0n) is 15.8. The van der Waals surface area contributed by atoms with E-state index < -0.39 is 30.3 Å². The third kappa shape index (κ3) is 4.87. The van der Waals surface area contributed by atoms with Crippen LogP contribution in [0.1, 0.15) is 42.4 Å². The van der Waals surface area contributed by atoms with Gasteiger partial charge in [-0.1, -0.05) is 6.07 Å². The van der Waals surface area contributed by atoms with Crippen molar-refractivity contribution >= 4 is 35.0 Å². The van der Waals surface area contributed by atoms with E-state index in [-0.39, 0.29) is 23.2 Å². The molecule has 0 unspecified atom stereocenters. The number of carbonyl (C=O) groups excluding carboxylic acids is 4. The highest BCUT2D eigenvalue weighted by Gasteiger charge is 2.35. The summed E-state index contributed by atoms with van der Waals surface area (Å²) in [4.78, 5) is 51.0. The van der Waals surface area contributed by atoms with Gasteiger partial charge in [-0.15, -0.1) is 11.3 Å². The molecule has 1 aromatic carbocycles. The molecule has 0 radical (unpaired) electrons. The van der Waals surface area contributed by atoms with Gasteiger partial charge in [0.1, 0.15) is 0 Å². The SMILES string of the molecule is COCCCN1C(=O)c2ccc(C(=O)OCC(=O)NCc3cccs3)cc2C1=O. The highest BCUT2D eigenvalue weighted by molar-refractivity contribution is 7.09. The van der Waals surface area contributed by atoms with Crippen LogP contribution in [0.25, 0.3) is 0 Å². The fourth-order valence-corrected chi connectivity index (χ4v) is 3.50. The van der Waals surface area contributed by atoms with Crippen LogP contribution in [0.2, 0.25) is 0 Å². The Bertz CT molecular complexity index is 925. The van der Waals surface area contributed by atoms with Gasteiger partial charge in [0, 0.05) is 25.1 Å². The minimum atomic E-state index is -0.739. The van der Waals surface area contributed by atoms with E-state index >= 15 is 0 Å². The van der Waals surface area contributed by atoms with Gasteiger partial charge in [0.25, 0.3) is 17.7 Å². The molecular formula is C20H20N2O6S. The maximum Gasteiger partial charge on any atom is 0.338 e. The second-order valence-corrected chi connectivity index (χ2v) is 7.33. The minimum Gasteiger partial charge on any atom is -0.452 e. The van der Waals surface area contributed by atoms with Crippen molar-refractivity contribution in [2.75, 3.05) is 26.9 Å². The van der Waals surface area contributed by atoms with Gasteiger partial charge in [-0.2, -0.15) is 0 Å². The summed E-state index contributed by atoms with van der Waals surface area (Å²) in [5.41, 5.74) is 0.511. The lowest BCUT2D eigenvalue weighted by Gasteiger charge is -2.12. The summed E-state index contributed by atoms with van der Waals surface area (Å²) in [6, 6.07) is 7.94. The predicted octanol–water partition coefficient (Wildman–Crippen LogP) is 1.85. The van der Waals surface area contributed by atoms with Crippen LogP contribution in [0.5, 0.6) is 0 Å². The number of nitrogens with one attached hydrogen (secondary N) is 1. The molecule has 3 rings (SSSR count). The van der Waals surface area contributed by atoms with E-state index in [2.05, 4.69) is 5.32 Å². The molecule has 0 atom stereocenters. The molecule has 0 spiro atoms. The standard InChI is InChI=1S/C20H20N2O6S/c1-27-8-3-7-22-18(24)15-6-5-13(10-16(15)19(22)25)20(26)28-12-17(23)21-11-14-4-2-9-29-14/h2,4-6,9-10H,3,7-8,11-12H2,1H3,(H,21,23). The third-order valence-electron chi connectivity index (χ3n) is 4.31. The number of ether oxygens (including phenoxy) is 2. The number of nitrogens with zero attached hydrogens (tertiary/aromatic N) is 1. The van der Waals surface area contributed by atoms with Gasteiger partial charge in [0.05, 0.1) is 23.2 Å². The number of carbonyl (C=O) groups is 4. The second kappa shape index (κ2) is 9.44. The van der Waals surface area contributed by atoms with Crippen LogP contribution in [0.15, 0.2) is 35.7 Å². The summed E-state index contributed by atoms with van der Waals surface area (Å²) in [6.45, 7) is 0.601. The maximum absolute atomic E-state index is 12.5. The molecule has 1 aliphatic heterocycles. The van der Waals surface area contributed by atoms with Crippen molar-refractivity contribution in [3.8, 4) is 0 Å². The van der Waals surface area contributed by atoms with Crippen molar-refractivity contribution in [2.24, 2.45) is 0 Å². The van der Waals surface area contributed by atoms with E-state index in [0.717, 1.165) is 9.78 Å². The fraction of sp³-hybridized carbons (Fsp3) is 0.300. The van der Waals surface area contributed by atoms with E-state index in [4.69, 9.17) is 9.47 Å². The van der Waals surface area contributed by atoms with Crippen molar-refractivity contribution in [3.63, 3.8) is 0 Å². The fourth-order valence-electron chi connectivity index (χ4n) is 2.85. The van der Waals surface area contributed by atoms with Crippen molar-refractivity contribution in [1.29, 1.82) is 0 Å². The summed E-state index contributed by atoms with van der Waals surface area (Å²) >= 11 is 1.51. The Kier molecular flexibility index (Phi) is 6.73. The maximum atomic E-state index is 12.5. The molecule has 0 saturated carbocycles. The second-order valence-electron chi connectivity index (χ2n) is 6.30. The van der Waals surface area contributed by atoms with Gasteiger partial charge in [-0.25, -0.2) is 4.79 Å². The smallest absolute Gasteiger partial charge is 0.338 e. The Hall–Kier alpha value is -3.04. The first kappa shape index (κ1) is 20.7. The number of esters is 1. The van der Waals surface area contributed by atoms with Crippen LogP contribution < -0.4 is 5.32 Å². The quantitative estimate of drug-likeness (QED) is 0.380. The molecule has 0 fully saturated rings. The molecule has 29 heavy (non-hydrogen) atoms. The van der Waals surface area contributed by atoms with Gasteiger partial charge < -0.3 is 14.8 Å². The predicted molar refractivity (Wildman–Crippen MR) is 105 cm³/mol. The van der Waals surface area contributed by atoms with Crippen molar-refractivity contribution in [3.05, 3.63) is 57.3 Å². The van der Waals surface area contributed by atoms with Gasteiger partial charge in [0.15, 0.2) is 6.61 Å². The normalized spacial score (nSPS) is 12.8. The molecule has 0 saturated heterocycles. The Morgan fingerprint density at radius 1 is 1.14 bits per heavy atom. The molecule has 0 bridgehead atoms. The molecule has 8 nitrogen and oxygen atoms in total. The first-order valence-electron chi connectivity index (χ1n) is 8.96. The Morgan fingerprint density at radius 3 is 2.66 bits per heavy atom. The summed E-state index contributed by atoms with van der Waals surface area (Å²) in [5.74, 6) is -2.01. The summed E-state index contributed by atoms with van der Waals surface area (Å²) < 4.78 is 9.96. The lowest BCUT2D eigenvalue weighted by Crippen LogP contribution is -2.31. The molecule has 0 aliphatic carbocycles. The Balaban J connectivity index is 1.57. The molecule has 152 valence electrons. The number of methoxy groups -OCH3 is 1. The molecule has 3 amide bonds. The minimum absolute atomic E-state index is 0.106. The first-order valence-corrected chi connectivity index (χ1v) is 9.84. The number of imide groups is 1. The summed E-state index contributed by atoms with van der Waals surface area (Å²) in [6.07, 6.45) is 0.525. The van der Waals surface area contributed by atoms with Crippen LogP contribution in [0.4, 0.5) is 0 Å². The van der Waals surface area contributed by atoms with E-state index in [1.165, 1.54) is 29.5 Å². The number of hydrogen-bond acceptors (Lipinski definition) is 7. The molecule has 1 aliphatic rings. The molecule has 1 N–H and O–H groups in total. The monoisotopic (exact) mass is 416 g/mol. The largest absolute Gasteiger partial charge is 0.452 e. The number of amides is 3. The number of hydrogen-bond donors (Lipinski definition) is 1. The lowest BCUT2D eigenvalue weighted by atomic mass is 10.1. The Morgan fingerprint density at radius 2 is 1.93 bits per heavy atom. The molecule has 2 heterocycles. The van der Waals surface area contributed by atoms with E-state index in [1.54, 1.807) is 7.11 Å². The van der Waals surface area contributed by atoms with E-state index in [9.17, 15) is 19.2 Å². The van der Waals surface area contributed by atoms with Crippen molar-refractivity contribution in [2.45, 2.75) is 13.0 Å². The molecule has 9 heteroatoms. The molecular weight excluding hydrogens is 396 g/mol. The van der Waals surface area contributed by atoms with Gasteiger partial charge in [-0.3, -0.25) is 19.3 Å². The molecule has 2 aromatic rings. The number of rotatable bonds is 9. The average molecular weight is 416 g/mol. The number of benzene rings is 1. The van der Waals surface area contributed by atoms with E-state index in [0.29, 0.717) is 19.6 Å². The van der Waals surface area contributed by atoms with Crippen LogP contribution >= 0.6 is 11.3 Å². The average Bonchev–Trinajstić information content (AvgIpc) is 3.33. The van der Waals surface area contributed by atoms with Gasteiger partial charge in [-0.05, 0) is 36.1 Å². The lowest BCUT2D eigenvalue weighted by molar-refractivity contribution is -0.124. The number of fused-ring (bicyclic) bond motifs is 1. The van der Waals surface area contributed by atoms with Gasteiger partial charge >= 0.3 is 5.97 Å². The molecule has 1 aromatic heterocycles. The highest BCUT2D eigenvalue weighted by Crippen LogP contribution is 2.24.